The second-order valence-corrected chi connectivity index (χ2v) is 11.8. The molecule has 0 aliphatic carbocycles. The Balaban J connectivity index is 1.28. The van der Waals surface area contributed by atoms with E-state index in [1.165, 1.54) is 21.6 Å². The summed E-state index contributed by atoms with van der Waals surface area (Å²) in [7, 11) is -3.70. The SMILES string of the molecule is C[C@@H]1Sc2ccc(S(=O)(=O)N3CCC(C(=O)N4CCc5ccccc54)CC3)cc2NC1=O. The molecule has 0 spiro atoms. The number of amides is 2. The molecule has 168 valence electrons. The van der Waals surface area contributed by atoms with Crippen molar-refractivity contribution in [3.63, 3.8) is 0 Å². The van der Waals surface area contributed by atoms with Crippen molar-refractivity contribution in [3.05, 3.63) is 48.0 Å². The number of hydrogen-bond donors (Lipinski definition) is 1. The van der Waals surface area contributed by atoms with Gasteiger partial charge in [-0.25, -0.2) is 8.42 Å². The van der Waals surface area contributed by atoms with Crippen LogP contribution in [0.5, 0.6) is 0 Å². The first kappa shape index (κ1) is 21.5. The molecule has 2 aromatic carbocycles. The molecule has 2 aromatic rings. The van der Waals surface area contributed by atoms with E-state index in [1.807, 2.05) is 30.0 Å². The fraction of sp³-hybridized carbons (Fsp3) is 0.391. The molecule has 1 atom stereocenters. The Morgan fingerprint density at radius 2 is 1.84 bits per heavy atom. The molecule has 3 aliphatic heterocycles. The van der Waals surface area contributed by atoms with Crippen molar-refractivity contribution in [1.82, 2.24) is 4.31 Å². The fourth-order valence-electron chi connectivity index (χ4n) is 4.63. The number of sulfonamides is 1. The third-order valence-electron chi connectivity index (χ3n) is 6.48. The number of thioether (sulfide) groups is 1. The monoisotopic (exact) mass is 471 g/mol. The van der Waals surface area contributed by atoms with Gasteiger partial charge in [0.05, 0.1) is 15.8 Å². The van der Waals surface area contributed by atoms with Gasteiger partial charge in [-0.3, -0.25) is 9.59 Å². The zero-order valence-electron chi connectivity index (χ0n) is 17.8. The summed E-state index contributed by atoms with van der Waals surface area (Å²) in [5.74, 6) is -0.206. The van der Waals surface area contributed by atoms with Crippen LogP contribution >= 0.6 is 11.8 Å². The first-order chi connectivity index (χ1) is 15.3. The molecule has 1 saturated heterocycles. The van der Waals surface area contributed by atoms with Crippen LogP contribution in [0.3, 0.4) is 0 Å². The van der Waals surface area contributed by atoms with Crippen molar-refractivity contribution in [2.45, 2.75) is 41.2 Å². The largest absolute Gasteiger partial charge is 0.324 e. The van der Waals surface area contributed by atoms with E-state index >= 15 is 0 Å². The van der Waals surface area contributed by atoms with Crippen LogP contribution in [0, 0.1) is 5.92 Å². The molecule has 0 bridgehead atoms. The van der Waals surface area contributed by atoms with Crippen molar-refractivity contribution in [1.29, 1.82) is 0 Å². The minimum atomic E-state index is -3.70. The van der Waals surface area contributed by atoms with Gasteiger partial charge in [0, 0.05) is 36.1 Å². The molecule has 2 amide bonds. The number of rotatable bonds is 3. The maximum absolute atomic E-state index is 13.2. The summed E-state index contributed by atoms with van der Waals surface area (Å²) in [6.45, 7) is 3.13. The molecule has 7 nitrogen and oxygen atoms in total. The highest BCUT2D eigenvalue weighted by atomic mass is 32.2. The smallest absolute Gasteiger partial charge is 0.243 e. The van der Waals surface area contributed by atoms with E-state index in [1.54, 1.807) is 18.2 Å². The van der Waals surface area contributed by atoms with Crippen molar-refractivity contribution < 1.29 is 18.0 Å². The number of benzene rings is 2. The Hall–Kier alpha value is -2.36. The average Bonchev–Trinajstić information content (AvgIpc) is 3.23. The van der Waals surface area contributed by atoms with E-state index in [9.17, 15) is 18.0 Å². The summed E-state index contributed by atoms with van der Waals surface area (Å²) in [4.78, 5) is 28.0. The molecule has 5 rings (SSSR count). The Morgan fingerprint density at radius 1 is 1.09 bits per heavy atom. The lowest BCUT2D eigenvalue weighted by Gasteiger charge is -2.33. The Kier molecular flexibility index (Phi) is 5.51. The zero-order chi connectivity index (χ0) is 22.5. The molecule has 0 unspecified atom stereocenters. The van der Waals surface area contributed by atoms with Gasteiger partial charge in [-0.05, 0) is 56.0 Å². The number of fused-ring (bicyclic) bond motifs is 2. The lowest BCUT2D eigenvalue weighted by molar-refractivity contribution is -0.123. The topological polar surface area (TPSA) is 86.8 Å². The summed E-state index contributed by atoms with van der Waals surface area (Å²) in [6.07, 6.45) is 1.87. The number of piperidine rings is 1. The highest BCUT2D eigenvalue weighted by molar-refractivity contribution is 8.01. The lowest BCUT2D eigenvalue weighted by Crippen LogP contribution is -2.44. The Morgan fingerprint density at radius 3 is 2.62 bits per heavy atom. The zero-order valence-corrected chi connectivity index (χ0v) is 19.4. The first-order valence-corrected chi connectivity index (χ1v) is 13.2. The van der Waals surface area contributed by atoms with Crippen LogP contribution in [0.2, 0.25) is 0 Å². The number of nitrogens with zero attached hydrogens (tertiary/aromatic N) is 2. The van der Waals surface area contributed by atoms with Gasteiger partial charge in [-0.1, -0.05) is 18.2 Å². The van der Waals surface area contributed by atoms with Crippen LogP contribution in [-0.4, -0.2) is 49.4 Å². The second-order valence-electron chi connectivity index (χ2n) is 8.45. The molecular formula is C23H25N3O4S2. The molecular weight excluding hydrogens is 446 g/mol. The van der Waals surface area contributed by atoms with Gasteiger partial charge in [0.15, 0.2) is 0 Å². The summed E-state index contributed by atoms with van der Waals surface area (Å²) in [5, 5.41) is 2.59. The van der Waals surface area contributed by atoms with Gasteiger partial charge in [0.25, 0.3) is 0 Å². The Labute approximate surface area is 192 Å². The number of carbonyl (C=O) groups excluding carboxylic acids is 2. The van der Waals surface area contributed by atoms with Gasteiger partial charge in [-0.15, -0.1) is 11.8 Å². The van der Waals surface area contributed by atoms with E-state index in [2.05, 4.69) is 11.4 Å². The van der Waals surface area contributed by atoms with Crippen molar-refractivity contribution in [3.8, 4) is 0 Å². The summed E-state index contributed by atoms with van der Waals surface area (Å²) in [6, 6.07) is 12.9. The number of para-hydroxylation sites is 1. The highest BCUT2D eigenvalue weighted by Gasteiger charge is 2.36. The molecule has 0 radical (unpaired) electrons. The van der Waals surface area contributed by atoms with Crippen LogP contribution in [0.1, 0.15) is 25.3 Å². The van der Waals surface area contributed by atoms with E-state index in [0.717, 1.165) is 17.0 Å². The van der Waals surface area contributed by atoms with Crippen molar-refractivity contribution >= 4 is 45.0 Å². The van der Waals surface area contributed by atoms with Gasteiger partial charge < -0.3 is 10.2 Å². The quantitative estimate of drug-likeness (QED) is 0.743. The van der Waals surface area contributed by atoms with Crippen LogP contribution in [0.4, 0.5) is 11.4 Å². The van der Waals surface area contributed by atoms with Crippen LogP contribution in [0.15, 0.2) is 52.3 Å². The van der Waals surface area contributed by atoms with Crippen molar-refractivity contribution in [2.75, 3.05) is 29.9 Å². The maximum atomic E-state index is 13.2. The van der Waals surface area contributed by atoms with Gasteiger partial charge >= 0.3 is 0 Å². The predicted molar refractivity (Wildman–Crippen MR) is 124 cm³/mol. The molecule has 3 heterocycles. The normalized spacial score (nSPS) is 21.7. The molecule has 32 heavy (non-hydrogen) atoms. The van der Waals surface area contributed by atoms with E-state index < -0.39 is 10.0 Å². The van der Waals surface area contributed by atoms with E-state index in [4.69, 9.17) is 0 Å². The molecule has 3 aliphatic rings. The molecule has 0 saturated carbocycles. The third kappa shape index (κ3) is 3.72. The van der Waals surface area contributed by atoms with Crippen LogP contribution < -0.4 is 10.2 Å². The highest BCUT2D eigenvalue weighted by Crippen LogP contribution is 2.38. The standard InChI is InChI=1S/C23H25N3O4S2/c1-15-22(27)24-19-14-18(6-7-21(19)31-15)32(29,30)25-11-8-17(9-12-25)23(28)26-13-10-16-4-2-3-5-20(16)26/h2-7,14-15,17H,8-13H2,1H3,(H,24,27)/t15-/m0/s1. The number of nitrogens with one attached hydrogen (secondary N) is 1. The van der Waals surface area contributed by atoms with Gasteiger partial charge in [0.2, 0.25) is 21.8 Å². The summed E-state index contributed by atoms with van der Waals surface area (Å²) in [5.41, 5.74) is 2.71. The first-order valence-electron chi connectivity index (χ1n) is 10.9. The van der Waals surface area contributed by atoms with E-state index in [-0.39, 0.29) is 27.9 Å². The second kappa shape index (κ2) is 8.20. The molecule has 1 N–H and O–H groups in total. The van der Waals surface area contributed by atoms with Crippen molar-refractivity contribution in [2.24, 2.45) is 5.92 Å². The molecule has 0 aromatic heterocycles. The minimum Gasteiger partial charge on any atom is -0.324 e. The van der Waals surface area contributed by atoms with E-state index in [0.29, 0.717) is 38.2 Å². The number of hydrogen-bond acceptors (Lipinski definition) is 5. The van der Waals surface area contributed by atoms with Gasteiger partial charge in [0.1, 0.15) is 0 Å². The third-order valence-corrected chi connectivity index (χ3v) is 9.55. The average molecular weight is 472 g/mol. The van der Waals surface area contributed by atoms with Crippen LogP contribution in [0.25, 0.3) is 0 Å². The number of carbonyl (C=O) groups is 2. The molecule has 9 heteroatoms. The predicted octanol–water partition coefficient (Wildman–Crippen LogP) is 3.11. The minimum absolute atomic E-state index is 0.0923. The summed E-state index contributed by atoms with van der Waals surface area (Å²) < 4.78 is 27.9. The molecule has 1 fully saturated rings. The summed E-state index contributed by atoms with van der Waals surface area (Å²) >= 11 is 1.42. The lowest BCUT2D eigenvalue weighted by atomic mass is 9.96. The maximum Gasteiger partial charge on any atom is 0.243 e. The fourth-order valence-corrected chi connectivity index (χ4v) is 7.05. The Bertz CT molecular complexity index is 1190. The van der Waals surface area contributed by atoms with Gasteiger partial charge in [-0.2, -0.15) is 4.31 Å². The van der Waals surface area contributed by atoms with Crippen LogP contribution in [-0.2, 0) is 26.0 Å². The number of anilines is 2.